The van der Waals surface area contributed by atoms with Crippen molar-refractivity contribution >= 4 is 10.8 Å². The molecule has 0 N–H and O–H groups in total. The number of hydrogen-bond donors (Lipinski definition) is 0. The van der Waals surface area contributed by atoms with Crippen LogP contribution in [-0.4, -0.2) is 28.4 Å². The molecule has 5 heteroatoms. The van der Waals surface area contributed by atoms with Crippen molar-refractivity contribution < 1.29 is 27.6 Å². The minimum absolute atomic E-state index is 0.381. The van der Waals surface area contributed by atoms with Gasteiger partial charge < -0.3 is 18.9 Å². The van der Waals surface area contributed by atoms with Crippen LogP contribution in [0.15, 0.2) is 42.6 Å². The molecule has 0 unspecified atom stereocenters. The summed E-state index contributed by atoms with van der Waals surface area (Å²) >= 11 is 0. The molecule has 0 aliphatic carbocycles. The molecule has 0 saturated carbocycles. The first-order chi connectivity index (χ1) is 13.8. The molecular formula is C21H24NO4+. The van der Waals surface area contributed by atoms with Gasteiger partial charge in [0.1, 0.15) is 11.1 Å². The van der Waals surface area contributed by atoms with Crippen LogP contribution in [0.3, 0.4) is 0 Å². The van der Waals surface area contributed by atoms with E-state index < -0.39 is 6.98 Å². The van der Waals surface area contributed by atoms with Gasteiger partial charge in [0.2, 0.25) is 0 Å². The third kappa shape index (κ3) is 3.25. The number of methoxy groups -OCH3 is 4. The number of pyridine rings is 1. The van der Waals surface area contributed by atoms with Gasteiger partial charge in [0.15, 0.2) is 34.9 Å². The van der Waals surface area contributed by atoms with Gasteiger partial charge in [0.25, 0.3) is 0 Å². The molecule has 5 nitrogen and oxygen atoms in total. The van der Waals surface area contributed by atoms with Crippen molar-refractivity contribution in [2.24, 2.45) is 6.98 Å². The van der Waals surface area contributed by atoms with Crippen LogP contribution in [0.2, 0.25) is 0 Å². The Morgan fingerprint density at radius 2 is 1.46 bits per heavy atom. The van der Waals surface area contributed by atoms with Crippen LogP contribution >= 0.6 is 0 Å². The number of ether oxygens (including phenoxy) is 4. The number of aryl methyl sites for hydroxylation is 1. The zero-order chi connectivity index (χ0) is 21.2. The van der Waals surface area contributed by atoms with E-state index in [4.69, 9.17) is 23.1 Å². The molecule has 0 atom stereocenters. The molecule has 0 radical (unpaired) electrons. The van der Waals surface area contributed by atoms with Crippen molar-refractivity contribution in [2.45, 2.75) is 6.42 Å². The maximum Gasteiger partial charge on any atom is 0.193 e. The molecule has 0 aliphatic rings. The summed E-state index contributed by atoms with van der Waals surface area (Å²) in [5.41, 5.74) is 1.53. The molecule has 3 aromatic rings. The van der Waals surface area contributed by atoms with Crippen LogP contribution in [0.25, 0.3) is 10.8 Å². The van der Waals surface area contributed by atoms with Crippen LogP contribution in [0.4, 0.5) is 0 Å². The molecule has 0 fully saturated rings. The minimum atomic E-state index is -2.33. The highest BCUT2D eigenvalue weighted by molar-refractivity contribution is 5.87. The van der Waals surface area contributed by atoms with Crippen molar-refractivity contribution in [2.75, 3.05) is 28.4 Å². The largest absolute Gasteiger partial charge is 0.493 e. The van der Waals surface area contributed by atoms with Crippen LogP contribution in [0, 0.1) is 0 Å². The summed E-state index contributed by atoms with van der Waals surface area (Å²) in [6.45, 7) is -2.33. The molecule has 0 aliphatic heterocycles. The highest BCUT2D eigenvalue weighted by Gasteiger charge is 2.17. The summed E-state index contributed by atoms with van der Waals surface area (Å²) in [6, 6.07) is 11.0. The smallest absolute Gasteiger partial charge is 0.193 e. The predicted octanol–water partition coefficient (Wildman–Crippen LogP) is 3.29. The van der Waals surface area contributed by atoms with E-state index in [2.05, 4.69) is 0 Å². The number of aromatic nitrogens is 1. The monoisotopic (exact) mass is 357 g/mol. The SMILES string of the molecule is [2H]C([2H])([2H])[n+]1ccc2cc(OC)c(OC)cc2c1Cc1ccc(OC)c(OC)c1. The lowest BCUT2D eigenvalue weighted by Gasteiger charge is -2.12. The van der Waals surface area contributed by atoms with E-state index in [1.807, 2.05) is 30.3 Å². The second kappa shape index (κ2) is 7.52. The quantitative estimate of drug-likeness (QED) is 0.635. The van der Waals surface area contributed by atoms with Gasteiger partial charge >= 0.3 is 0 Å². The summed E-state index contributed by atoms with van der Waals surface area (Å²) in [6.07, 6.45) is 1.96. The highest BCUT2D eigenvalue weighted by Crippen LogP contribution is 2.34. The van der Waals surface area contributed by atoms with Crippen LogP contribution in [0.1, 0.15) is 15.4 Å². The van der Waals surface area contributed by atoms with Gasteiger partial charge in [-0.25, -0.2) is 4.57 Å². The number of rotatable bonds is 6. The number of fused-ring (bicyclic) bond motifs is 1. The lowest BCUT2D eigenvalue weighted by atomic mass is 10.0. The molecule has 0 amide bonds. The molecule has 0 saturated heterocycles. The Balaban J connectivity index is 2.22. The summed E-state index contributed by atoms with van der Waals surface area (Å²) in [5, 5.41) is 1.63. The van der Waals surface area contributed by atoms with E-state index in [0.717, 1.165) is 16.3 Å². The molecule has 136 valence electrons. The highest BCUT2D eigenvalue weighted by atomic mass is 16.5. The van der Waals surface area contributed by atoms with Crippen LogP contribution < -0.4 is 23.5 Å². The van der Waals surface area contributed by atoms with Gasteiger partial charge in [-0.1, -0.05) is 6.07 Å². The van der Waals surface area contributed by atoms with Crippen molar-refractivity contribution in [3.8, 4) is 23.0 Å². The Morgan fingerprint density at radius 3 is 2.12 bits per heavy atom. The molecular weight excluding hydrogens is 330 g/mol. The maximum absolute atomic E-state index is 7.97. The van der Waals surface area contributed by atoms with Crippen LogP contribution in [0.5, 0.6) is 23.0 Å². The summed E-state index contributed by atoms with van der Waals surface area (Å²) in [4.78, 5) is 0. The molecule has 2 aromatic carbocycles. The molecule has 0 bridgehead atoms. The van der Waals surface area contributed by atoms with Crippen molar-refractivity contribution in [1.29, 1.82) is 0 Å². The molecule has 26 heavy (non-hydrogen) atoms. The molecule has 1 heterocycles. The summed E-state index contributed by atoms with van der Waals surface area (Å²) < 4.78 is 46.7. The number of hydrogen-bond acceptors (Lipinski definition) is 4. The first-order valence-electron chi connectivity index (χ1n) is 9.63. The van der Waals surface area contributed by atoms with Gasteiger partial charge in [0.05, 0.1) is 40.2 Å². The first-order valence-corrected chi connectivity index (χ1v) is 8.13. The molecule has 3 rings (SSSR count). The normalized spacial score (nSPS) is 12.8. The van der Waals surface area contributed by atoms with Gasteiger partial charge in [-0.15, -0.1) is 0 Å². The third-order valence-electron chi connectivity index (χ3n) is 4.38. The standard InChI is InChI=1S/C21H24NO4/c1-22-9-8-15-12-20(25-4)21(26-5)13-16(15)17(22)10-14-6-7-18(23-2)19(11-14)24-3/h6-9,11-13H,10H2,1-5H3/q+1/i1D3. The van der Waals surface area contributed by atoms with E-state index in [0.29, 0.717) is 35.1 Å². The average Bonchev–Trinajstić information content (AvgIpc) is 2.71. The zero-order valence-electron chi connectivity index (χ0n) is 18.3. The summed E-state index contributed by atoms with van der Waals surface area (Å²) in [7, 11) is 6.27. The maximum atomic E-state index is 7.97. The average molecular weight is 357 g/mol. The van der Waals surface area contributed by atoms with Crippen molar-refractivity contribution in [3.05, 3.63) is 53.9 Å². The fraction of sp³-hybridized carbons (Fsp3) is 0.286. The Hall–Kier alpha value is -2.95. The van der Waals surface area contributed by atoms with Gasteiger partial charge in [-0.05, 0) is 35.2 Å². The van der Waals surface area contributed by atoms with E-state index in [1.165, 1.54) is 4.57 Å². The Kier molecular flexibility index (Phi) is 4.12. The zero-order valence-corrected chi connectivity index (χ0v) is 15.3. The second-order valence-electron chi connectivity index (χ2n) is 5.79. The number of nitrogens with zero attached hydrogens (tertiary/aromatic N) is 1. The van der Waals surface area contributed by atoms with E-state index in [-0.39, 0.29) is 0 Å². The van der Waals surface area contributed by atoms with Crippen molar-refractivity contribution in [3.63, 3.8) is 0 Å². The fourth-order valence-corrected chi connectivity index (χ4v) is 3.02. The topological polar surface area (TPSA) is 40.8 Å². The summed E-state index contributed by atoms with van der Waals surface area (Å²) in [5.74, 6) is 2.33. The lowest BCUT2D eigenvalue weighted by Crippen LogP contribution is -2.33. The van der Waals surface area contributed by atoms with E-state index in [9.17, 15) is 0 Å². The Labute approximate surface area is 157 Å². The minimum Gasteiger partial charge on any atom is -0.493 e. The lowest BCUT2D eigenvalue weighted by molar-refractivity contribution is -0.677. The van der Waals surface area contributed by atoms with Gasteiger partial charge in [-0.3, -0.25) is 0 Å². The van der Waals surface area contributed by atoms with E-state index >= 15 is 0 Å². The fourth-order valence-electron chi connectivity index (χ4n) is 3.02. The van der Waals surface area contributed by atoms with E-state index in [1.54, 1.807) is 40.7 Å². The Morgan fingerprint density at radius 1 is 0.808 bits per heavy atom. The van der Waals surface area contributed by atoms with Crippen molar-refractivity contribution in [1.82, 2.24) is 0 Å². The second-order valence-corrected chi connectivity index (χ2v) is 5.79. The van der Waals surface area contributed by atoms with Gasteiger partial charge in [0, 0.05) is 6.07 Å². The predicted molar refractivity (Wildman–Crippen MR) is 101 cm³/mol. The van der Waals surface area contributed by atoms with Gasteiger partial charge in [-0.2, -0.15) is 0 Å². The Bertz CT molecular complexity index is 1030. The molecule has 0 spiro atoms. The first kappa shape index (κ1) is 14.2. The third-order valence-corrected chi connectivity index (χ3v) is 4.38. The molecule has 1 aromatic heterocycles. The van der Waals surface area contributed by atoms with Crippen LogP contribution in [-0.2, 0) is 13.4 Å². The number of benzene rings is 2.